The van der Waals surface area contributed by atoms with E-state index in [1.54, 1.807) is 0 Å². The van der Waals surface area contributed by atoms with Gasteiger partial charge in [0.25, 0.3) is 0 Å². The summed E-state index contributed by atoms with van der Waals surface area (Å²) in [5.41, 5.74) is 5.18. The van der Waals surface area contributed by atoms with Crippen molar-refractivity contribution in [1.82, 2.24) is 14.3 Å². The summed E-state index contributed by atoms with van der Waals surface area (Å²) in [6, 6.07) is 55.6. The van der Waals surface area contributed by atoms with Gasteiger partial charge in [-0.15, -0.1) is 0 Å². The predicted molar refractivity (Wildman–Crippen MR) is 192 cm³/mol. The molecule has 2 heterocycles. The maximum absolute atomic E-state index is 15.0. The van der Waals surface area contributed by atoms with E-state index in [2.05, 4.69) is 102 Å². The van der Waals surface area contributed by atoms with Crippen LogP contribution in [-0.4, -0.2) is 14.3 Å². The Morgan fingerprint density at radius 1 is 0.478 bits per heavy atom. The van der Waals surface area contributed by atoms with E-state index < -0.39 is 7.14 Å². The van der Waals surface area contributed by atoms with Gasteiger partial charge in [-0.3, -0.25) is 0 Å². The van der Waals surface area contributed by atoms with Crippen molar-refractivity contribution < 1.29 is 4.57 Å². The zero-order valence-corrected chi connectivity index (χ0v) is 25.8. The molecule has 9 rings (SSSR count). The van der Waals surface area contributed by atoms with Crippen molar-refractivity contribution in [2.45, 2.75) is 0 Å². The molecule has 0 atom stereocenters. The summed E-state index contributed by atoms with van der Waals surface area (Å²) < 4.78 is 19.3. The quantitative estimate of drug-likeness (QED) is 0.183. The molecule has 0 aliphatic heterocycles. The molecule has 7 aromatic carbocycles. The van der Waals surface area contributed by atoms with Crippen LogP contribution in [0, 0.1) is 0 Å². The Labute approximate surface area is 266 Å². The molecule has 0 saturated carbocycles. The number of benzene rings is 7. The third kappa shape index (κ3) is 4.08. The van der Waals surface area contributed by atoms with E-state index in [1.165, 1.54) is 21.5 Å². The van der Waals surface area contributed by atoms with E-state index >= 15 is 4.57 Å². The molecular formula is C41H28N3OP. The SMILES string of the molecule is O=P(c1ccccc1)(c1ccccc1)c1ccc(-n2c3ccccc3c3ccc4nn(-c5ccc6ccccc6c5)cc4c32)cc1. The number of hydrogen-bond donors (Lipinski definition) is 0. The maximum atomic E-state index is 15.0. The van der Waals surface area contributed by atoms with Crippen molar-refractivity contribution in [2.24, 2.45) is 0 Å². The van der Waals surface area contributed by atoms with Crippen molar-refractivity contribution in [3.8, 4) is 11.4 Å². The van der Waals surface area contributed by atoms with E-state index in [4.69, 9.17) is 5.10 Å². The number of hydrogen-bond acceptors (Lipinski definition) is 2. The van der Waals surface area contributed by atoms with Gasteiger partial charge in [-0.2, -0.15) is 5.10 Å². The van der Waals surface area contributed by atoms with E-state index in [1.807, 2.05) is 77.5 Å². The lowest BCUT2D eigenvalue weighted by Gasteiger charge is -2.20. The van der Waals surface area contributed by atoms with Crippen molar-refractivity contribution in [3.63, 3.8) is 0 Å². The summed E-state index contributed by atoms with van der Waals surface area (Å²) in [6.07, 6.45) is 2.14. The Hall–Kier alpha value is -5.70. The number of para-hydroxylation sites is 1. The van der Waals surface area contributed by atoms with Crippen LogP contribution in [0.3, 0.4) is 0 Å². The monoisotopic (exact) mass is 609 g/mol. The molecule has 5 heteroatoms. The largest absolute Gasteiger partial charge is 0.309 e. The van der Waals surface area contributed by atoms with Crippen LogP contribution in [-0.2, 0) is 4.57 Å². The average molecular weight is 610 g/mol. The fourth-order valence-electron chi connectivity index (χ4n) is 6.81. The molecule has 9 aromatic rings. The van der Waals surface area contributed by atoms with E-state index in [9.17, 15) is 0 Å². The average Bonchev–Trinajstić information content (AvgIpc) is 3.72. The molecule has 0 radical (unpaired) electrons. The van der Waals surface area contributed by atoms with E-state index in [0.29, 0.717) is 0 Å². The molecular weight excluding hydrogens is 581 g/mol. The molecule has 2 aromatic heterocycles. The second-order valence-corrected chi connectivity index (χ2v) is 14.4. The highest BCUT2D eigenvalue weighted by Crippen LogP contribution is 2.43. The van der Waals surface area contributed by atoms with Gasteiger partial charge in [0.15, 0.2) is 7.14 Å². The van der Waals surface area contributed by atoms with Gasteiger partial charge in [0.05, 0.1) is 22.2 Å². The Bertz CT molecular complexity index is 2560. The van der Waals surface area contributed by atoms with Crippen molar-refractivity contribution >= 4 is 66.5 Å². The lowest BCUT2D eigenvalue weighted by Crippen LogP contribution is -2.24. The van der Waals surface area contributed by atoms with Gasteiger partial charge in [-0.05, 0) is 65.4 Å². The third-order valence-electron chi connectivity index (χ3n) is 9.03. The highest BCUT2D eigenvalue weighted by atomic mass is 31.2. The third-order valence-corrected chi connectivity index (χ3v) is 12.1. The fraction of sp³-hybridized carbons (Fsp3) is 0. The predicted octanol–water partition coefficient (Wildman–Crippen LogP) is 8.92. The summed E-state index contributed by atoms with van der Waals surface area (Å²) in [7, 11) is -3.08. The molecule has 0 spiro atoms. The summed E-state index contributed by atoms with van der Waals surface area (Å²) in [4.78, 5) is 0. The van der Waals surface area contributed by atoms with Gasteiger partial charge in [0.2, 0.25) is 0 Å². The molecule has 0 N–H and O–H groups in total. The van der Waals surface area contributed by atoms with Crippen molar-refractivity contribution in [2.75, 3.05) is 0 Å². The van der Waals surface area contributed by atoms with Gasteiger partial charge < -0.3 is 9.13 Å². The van der Waals surface area contributed by atoms with Gasteiger partial charge in [-0.1, -0.05) is 109 Å². The Balaban J connectivity index is 1.24. The molecule has 0 aliphatic rings. The standard InChI is InChI=1S/C41H28N3OP/c45-46(33-13-3-1-4-14-33,34-15-5-2-6-16-34)35-23-21-31(22-24-35)44-40-18-10-9-17-36(40)37-25-26-39-38(41(37)44)28-43(42-39)32-20-19-29-11-7-8-12-30(29)27-32/h1-28H. The zero-order valence-electron chi connectivity index (χ0n) is 24.9. The summed E-state index contributed by atoms with van der Waals surface area (Å²) in [6.45, 7) is 0. The first-order chi connectivity index (χ1) is 22.7. The molecule has 0 bridgehead atoms. The first kappa shape index (κ1) is 26.7. The van der Waals surface area contributed by atoms with Crippen molar-refractivity contribution in [3.05, 3.63) is 170 Å². The Morgan fingerprint density at radius 2 is 1.09 bits per heavy atom. The van der Waals surface area contributed by atoms with Crippen LogP contribution < -0.4 is 15.9 Å². The minimum Gasteiger partial charge on any atom is -0.309 e. The summed E-state index contributed by atoms with van der Waals surface area (Å²) >= 11 is 0. The lowest BCUT2D eigenvalue weighted by atomic mass is 10.1. The van der Waals surface area contributed by atoms with Crippen LogP contribution in [0.15, 0.2) is 170 Å². The van der Waals surface area contributed by atoms with Gasteiger partial charge in [0, 0.05) is 44.0 Å². The molecule has 0 unspecified atom stereocenters. The molecule has 0 fully saturated rings. The second-order valence-electron chi connectivity index (χ2n) is 11.6. The van der Waals surface area contributed by atoms with E-state index in [-0.39, 0.29) is 0 Å². The van der Waals surface area contributed by atoms with Crippen molar-refractivity contribution in [1.29, 1.82) is 0 Å². The highest BCUT2D eigenvalue weighted by molar-refractivity contribution is 7.85. The summed E-state index contributed by atoms with van der Waals surface area (Å²) in [5, 5.41) is 13.3. The van der Waals surface area contributed by atoms with Gasteiger partial charge >= 0.3 is 0 Å². The number of nitrogens with zero attached hydrogens (tertiary/aromatic N) is 3. The smallest absolute Gasteiger partial charge is 0.171 e. The molecule has 4 nitrogen and oxygen atoms in total. The van der Waals surface area contributed by atoms with Gasteiger partial charge in [0.1, 0.15) is 0 Å². The van der Waals surface area contributed by atoms with E-state index in [0.717, 1.165) is 49.2 Å². The van der Waals surface area contributed by atoms with Gasteiger partial charge in [-0.25, -0.2) is 4.68 Å². The van der Waals surface area contributed by atoms with Crippen LogP contribution in [0.5, 0.6) is 0 Å². The fourth-order valence-corrected chi connectivity index (χ4v) is 9.46. The highest BCUT2D eigenvalue weighted by Gasteiger charge is 2.29. The number of fused-ring (bicyclic) bond motifs is 6. The minimum atomic E-state index is -3.08. The first-order valence-electron chi connectivity index (χ1n) is 15.4. The molecule has 218 valence electrons. The van der Waals surface area contributed by atoms with Crippen LogP contribution >= 0.6 is 7.14 Å². The minimum absolute atomic E-state index is 0.809. The maximum Gasteiger partial charge on any atom is 0.171 e. The molecule has 0 saturated heterocycles. The summed E-state index contributed by atoms with van der Waals surface area (Å²) in [5.74, 6) is 0. The number of rotatable bonds is 5. The Morgan fingerprint density at radius 3 is 1.83 bits per heavy atom. The zero-order chi connectivity index (χ0) is 30.7. The molecule has 0 aliphatic carbocycles. The topological polar surface area (TPSA) is 39.8 Å². The van der Waals surface area contributed by atoms with Crippen LogP contribution in [0.25, 0.3) is 54.9 Å². The molecule has 46 heavy (non-hydrogen) atoms. The first-order valence-corrected chi connectivity index (χ1v) is 17.1. The lowest BCUT2D eigenvalue weighted by molar-refractivity contribution is 0.592. The normalized spacial score (nSPS) is 12.0. The number of aromatic nitrogens is 3. The van der Waals surface area contributed by atoms with Crippen LogP contribution in [0.1, 0.15) is 0 Å². The molecule has 0 amide bonds. The second kappa shape index (κ2) is 10.4. The van der Waals surface area contributed by atoms with Crippen LogP contribution in [0.4, 0.5) is 0 Å². The Kier molecular flexibility index (Phi) is 6.06. The van der Waals surface area contributed by atoms with Crippen LogP contribution in [0.2, 0.25) is 0 Å².